The Morgan fingerprint density at radius 3 is 2.48 bits per heavy atom. The third-order valence-electron chi connectivity index (χ3n) is 4.55. The molecule has 1 aliphatic rings. The first-order valence-corrected chi connectivity index (χ1v) is 8.25. The van der Waals surface area contributed by atoms with Gasteiger partial charge >= 0.3 is 0 Å². The van der Waals surface area contributed by atoms with Crippen molar-refractivity contribution in [2.45, 2.75) is 45.8 Å². The van der Waals surface area contributed by atoms with Crippen LogP contribution >= 0.6 is 0 Å². The molecule has 1 amide bonds. The summed E-state index contributed by atoms with van der Waals surface area (Å²) in [5.74, 6) is 0.0111. The molecule has 0 saturated heterocycles. The number of benzene rings is 1. The van der Waals surface area contributed by atoms with Crippen molar-refractivity contribution in [3.63, 3.8) is 0 Å². The molecule has 0 spiro atoms. The van der Waals surface area contributed by atoms with E-state index in [-0.39, 0.29) is 12.5 Å². The fourth-order valence-electron chi connectivity index (χ4n) is 3.13. The van der Waals surface area contributed by atoms with Gasteiger partial charge < -0.3 is 15.0 Å². The summed E-state index contributed by atoms with van der Waals surface area (Å²) < 4.78 is 2.29. The van der Waals surface area contributed by atoms with Crippen molar-refractivity contribution < 1.29 is 9.90 Å². The van der Waals surface area contributed by atoms with Crippen LogP contribution in [0.1, 0.15) is 51.8 Å². The van der Waals surface area contributed by atoms with E-state index in [9.17, 15) is 4.79 Å². The molecule has 2 N–H and O–H groups in total. The SMILES string of the molecule is Cc1cc(C(=O)NCCc2ccc(CO)cc2)c(C)n1C1CC1. The van der Waals surface area contributed by atoms with Crippen LogP contribution in [0, 0.1) is 13.8 Å². The highest BCUT2D eigenvalue weighted by atomic mass is 16.3. The molecule has 2 aromatic rings. The Labute approximate surface area is 137 Å². The quantitative estimate of drug-likeness (QED) is 0.862. The normalized spacial score (nSPS) is 14.0. The molecule has 0 radical (unpaired) electrons. The second-order valence-corrected chi connectivity index (χ2v) is 6.37. The highest BCUT2D eigenvalue weighted by Gasteiger charge is 2.28. The molecule has 1 heterocycles. The van der Waals surface area contributed by atoms with Crippen LogP contribution in [0.3, 0.4) is 0 Å². The van der Waals surface area contributed by atoms with E-state index in [0.29, 0.717) is 12.6 Å². The number of carbonyl (C=O) groups is 1. The van der Waals surface area contributed by atoms with E-state index in [1.54, 1.807) is 0 Å². The monoisotopic (exact) mass is 312 g/mol. The number of nitrogens with one attached hydrogen (secondary N) is 1. The van der Waals surface area contributed by atoms with E-state index in [4.69, 9.17) is 5.11 Å². The molecular weight excluding hydrogens is 288 g/mol. The molecular formula is C19H24N2O2. The predicted molar refractivity (Wildman–Crippen MR) is 90.6 cm³/mol. The summed E-state index contributed by atoms with van der Waals surface area (Å²) in [5, 5.41) is 12.1. The van der Waals surface area contributed by atoms with Crippen LogP contribution in [-0.2, 0) is 13.0 Å². The molecule has 3 rings (SSSR count). The zero-order chi connectivity index (χ0) is 16.4. The molecule has 23 heavy (non-hydrogen) atoms. The van der Waals surface area contributed by atoms with Crippen LogP contribution in [0.2, 0.25) is 0 Å². The van der Waals surface area contributed by atoms with Crippen molar-refractivity contribution in [2.75, 3.05) is 6.54 Å². The van der Waals surface area contributed by atoms with Gasteiger partial charge in [0, 0.05) is 24.0 Å². The second-order valence-electron chi connectivity index (χ2n) is 6.37. The number of aliphatic hydroxyl groups excluding tert-OH is 1. The second kappa shape index (κ2) is 6.59. The third kappa shape index (κ3) is 3.48. The number of hydrogen-bond donors (Lipinski definition) is 2. The molecule has 1 aromatic heterocycles. The lowest BCUT2D eigenvalue weighted by atomic mass is 10.1. The van der Waals surface area contributed by atoms with E-state index in [1.165, 1.54) is 18.5 Å². The number of aromatic nitrogens is 1. The van der Waals surface area contributed by atoms with Gasteiger partial charge in [-0.2, -0.15) is 0 Å². The summed E-state index contributed by atoms with van der Waals surface area (Å²) in [6, 6.07) is 10.4. The molecule has 1 aliphatic carbocycles. The summed E-state index contributed by atoms with van der Waals surface area (Å²) in [5.41, 5.74) is 5.12. The molecule has 1 saturated carbocycles. The van der Waals surface area contributed by atoms with Gasteiger partial charge in [0.05, 0.1) is 12.2 Å². The van der Waals surface area contributed by atoms with Crippen molar-refractivity contribution in [2.24, 2.45) is 0 Å². The van der Waals surface area contributed by atoms with Gasteiger partial charge in [-0.05, 0) is 50.3 Å². The highest BCUT2D eigenvalue weighted by Crippen LogP contribution is 2.38. The van der Waals surface area contributed by atoms with Crippen LogP contribution in [0.25, 0.3) is 0 Å². The van der Waals surface area contributed by atoms with E-state index in [1.807, 2.05) is 37.3 Å². The largest absolute Gasteiger partial charge is 0.392 e. The summed E-state index contributed by atoms with van der Waals surface area (Å²) in [7, 11) is 0. The maximum absolute atomic E-state index is 12.4. The van der Waals surface area contributed by atoms with Gasteiger partial charge in [0.25, 0.3) is 5.91 Å². The maximum atomic E-state index is 12.4. The highest BCUT2D eigenvalue weighted by molar-refractivity contribution is 5.95. The summed E-state index contributed by atoms with van der Waals surface area (Å²) in [6.45, 7) is 4.79. The lowest BCUT2D eigenvalue weighted by Crippen LogP contribution is -2.26. The number of nitrogens with zero attached hydrogens (tertiary/aromatic N) is 1. The fraction of sp³-hybridized carbons (Fsp3) is 0.421. The Morgan fingerprint density at radius 2 is 1.87 bits per heavy atom. The van der Waals surface area contributed by atoms with Crippen LogP contribution in [0.15, 0.2) is 30.3 Å². The number of aryl methyl sites for hydroxylation is 1. The van der Waals surface area contributed by atoms with Gasteiger partial charge in [0.1, 0.15) is 0 Å². The molecule has 0 bridgehead atoms. The lowest BCUT2D eigenvalue weighted by molar-refractivity contribution is 0.0953. The number of hydrogen-bond acceptors (Lipinski definition) is 2. The van der Waals surface area contributed by atoms with Crippen LogP contribution in [0.5, 0.6) is 0 Å². The lowest BCUT2D eigenvalue weighted by Gasteiger charge is -2.08. The zero-order valence-corrected chi connectivity index (χ0v) is 13.8. The van der Waals surface area contributed by atoms with E-state index in [2.05, 4.69) is 16.8 Å². The number of carbonyl (C=O) groups excluding carboxylic acids is 1. The molecule has 4 heteroatoms. The van der Waals surface area contributed by atoms with Gasteiger partial charge in [-0.15, -0.1) is 0 Å². The molecule has 0 aliphatic heterocycles. The molecule has 122 valence electrons. The van der Waals surface area contributed by atoms with Crippen molar-refractivity contribution in [3.8, 4) is 0 Å². The van der Waals surface area contributed by atoms with Gasteiger partial charge in [-0.1, -0.05) is 24.3 Å². The Bertz CT molecular complexity index is 697. The first kappa shape index (κ1) is 15.8. The van der Waals surface area contributed by atoms with E-state index >= 15 is 0 Å². The molecule has 1 aromatic carbocycles. The minimum absolute atomic E-state index is 0.0111. The van der Waals surface area contributed by atoms with Gasteiger partial charge in [-0.3, -0.25) is 4.79 Å². The van der Waals surface area contributed by atoms with Crippen molar-refractivity contribution in [1.29, 1.82) is 0 Å². The van der Waals surface area contributed by atoms with E-state index < -0.39 is 0 Å². The Balaban J connectivity index is 1.58. The molecule has 0 unspecified atom stereocenters. The Kier molecular flexibility index (Phi) is 4.53. The summed E-state index contributed by atoms with van der Waals surface area (Å²) >= 11 is 0. The standard InChI is InChI=1S/C19H24N2O2/c1-13-11-18(14(2)21(13)17-7-8-17)19(23)20-10-9-15-3-5-16(12-22)6-4-15/h3-6,11,17,22H,7-10,12H2,1-2H3,(H,20,23). The molecule has 1 fully saturated rings. The average Bonchev–Trinajstić information content (AvgIpc) is 3.33. The zero-order valence-electron chi connectivity index (χ0n) is 13.8. The predicted octanol–water partition coefficient (Wildman–Crippen LogP) is 2.90. The van der Waals surface area contributed by atoms with Gasteiger partial charge in [0.15, 0.2) is 0 Å². The minimum atomic E-state index is 0.0111. The van der Waals surface area contributed by atoms with Gasteiger partial charge in [-0.25, -0.2) is 0 Å². The number of rotatable bonds is 6. The van der Waals surface area contributed by atoms with Crippen molar-refractivity contribution in [1.82, 2.24) is 9.88 Å². The maximum Gasteiger partial charge on any atom is 0.253 e. The fourth-order valence-corrected chi connectivity index (χ4v) is 3.13. The van der Waals surface area contributed by atoms with Gasteiger partial charge in [0.2, 0.25) is 0 Å². The summed E-state index contributed by atoms with van der Waals surface area (Å²) in [6.07, 6.45) is 3.24. The first-order valence-electron chi connectivity index (χ1n) is 8.25. The molecule has 0 atom stereocenters. The van der Waals surface area contributed by atoms with Crippen LogP contribution < -0.4 is 5.32 Å². The van der Waals surface area contributed by atoms with Crippen LogP contribution in [-0.4, -0.2) is 22.1 Å². The number of amides is 1. The topological polar surface area (TPSA) is 54.3 Å². The Hall–Kier alpha value is -2.07. The van der Waals surface area contributed by atoms with Crippen molar-refractivity contribution in [3.05, 3.63) is 58.4 Å². The molecule has 4 nitrogen and oxygen atoms in total. The van der Waals surface area contributed by atoms with E-state index in [0.717, 1.165) is 28.8 Å². The third-order valence-corrected chi connectivity index (χ3v) is 4.55. The van der Waals surface area contributed by atoms with Crippen LogP contribution in [0.4, 0.5) is 0 Å². The average molecular weight is 312 g/mol. The first-order chi connectivity index (χ1) is 11.1. The summed E-state index contributed by atoms with van der Waals surface area (Å²) in [4.78, 5) is 12.4. The van der Waals surface area contributed by atoms with Crippen molar-refractivity contribution >= 4 is 5.91 Å². The number of aliphatic hydroxyl groups is 1. The smallest absolute Gasteiger partial charge is 0.253 e. The minimum Gasteiger partial charge on any atom is -0.392 e. The Morgan fingerprint density at radius 1 is 1.22 bits per heavy atom.